The summed E-state index contributed by atoms with van der Waals surface area (Å²) in [6.45, 7) is 0. The highest BCUT2D eigenvalue weighted by Gasteiger charge is 2.11. The Labute approximate surface area is 130 Å². The molecule has 104 valence electrons. The molecule has 5 heteroatoms. The number of anilines is 2. The van der Waals surface area contributed by atoms with Gasteiger partial charge in [-0.1, -0.05) is 40.2 Å². The lowest BCUT2D eigenvalue weighted by Crippen LogP contribution is -2.14. The van der Waals surface area contributed by atoms with Crippen LogP contribution in [0.5, 0.6) is 0 Å². The molecular formula is C16H12BrN3O. The van der Waals surface area contributed by atoms with E-state index in [1.807, 2.05) is 48.5 Å². The number of carbonyl (C=O) groups excluding carboxylic acids is 1. The summed E-state index contributed by atoms with van der Waals surface area (Å²) >= 11 is 3.35. The number of nitrogens with one attached hydrogen (secondary N) is 1. The Bertz CT molecular complexity index is 815. The van der Waals surface area contributed by atoms with Gasteiger partial charge in [-0.3, -0.25) is 4.79 Å². The molecule has 1 aromatic heterocycles. The molecule has 1 amide bonds. The molecule has 0 aliphatic carbocycles. The molecule has 21 heavy (non-hydrogen) atoms. The lowest BCUT2D eigenvalue weighted by molar-refractivity contribution is 0.102. The second kappa shape index (κ2) is 5.54. The van der Waals surface area contributed by atoms with Gasteiger partial charge in [0.05, 0.1) is 0 Å². The van der Waals surface area contributed by atoms with E-state index in [-0.39, 0.29) is 5.91 Å². The van der Waals surface area contributed by atoms with Crippen LogP contribution in [-0.4, -0.2) is 10.9 Å². The highest BCUT2D eigenvalue weighted by atomic mass is 79.9. The molecule has 0 aliphatic heterocycles. The predicted octanol–water partition coefficient (Wildman–Crippen LogP) is 3.83. The topological polar surface area (TPSA) is 68.0 Å². The van der Waals surface area contributed by atoms with Gasteiger partial charge in [0, 0.05) is 15.5 Å². The molecule has 0 atom stereocenters. The maximum absolute atomic E-state index is 12.3. The van der Waals surface area contributed by atoms with Crippen LogP contribution in [0.1, 0.15) is 10.5 Å². The first kappa shape index (κ1) is 13.6. The second-order valence-corrected chi connectivity index (χ2v) is 5.49. The number of benzene rings is 2. The molecule has 0 aliphatic rings. The minimum atomic E-state index is -0.283. The molecule has 3 N–H and O–H groups in total. The summed E-state index contributed by atoms with van der Waals surface area (Å²) < 4.78 is 0.952. The molecule has 0 bridgehead atoms. The molecular weight excluding hydrogens is 330 g/mol. The van der Waals surface area contributed by atoms with Gasteiger partial charge >= 0.3 is 0 Å². The van der Waals surface area contributed by atoms with Gasteiger partial charge in [0.2, 0.25) is 0 Å². The molecule has 4 nitrogen and oxygen atoms in total. The molecule has 2 aromatic carbocycles. The van der Waals surface area contributed by atoms with Crippen molar-refractivity contribution in [1.82, 2.24) is 4.98 Å². The third kappa shape index (κ3) is 2.87. The van der Waals surface area contributed by atoms with E-state index in [1.54, 1.807) is 6.07 Å². The average molecular weight is 342 g/mol. The summed E-state index contributed by atoms with van der Waals surface area (Å²) in [7, 11) is 0. The zero-order chi connectivity index (χ0) is 14.8. The number of amides is 1. The van der Waals surface area contributed by atoms with Crippen molar-refractivity contribution in [3.8, 4) is 0 Å². The Balaban J connectivity index is 1.92. The zero-order valence-corrected chi connectivity index (χ0v) is 12.6. The normalized spacial score (nSPS) is 10.5. The van der Waals surface area contributed by atoms with E-state index in [0.29, 0.717) is 17.2 Å². The van der Waals surface area contributed by atoms with Crippen molar-refractivity contribution in [2.24, 2.45) is 0 Å². The minimum Gasteiger partial charge on any atom is -0.383 e. The fraction of sp³-hybridized carbons (Fsp3) is 0. The van der Waals surface area contributed by atoms with Crippen LogP contribution in [0.15, 0.2) is 59.1 Å². The average Bonchev–Trinajstić information content (AvgIpc) is 2.49. The molecule has 0 fully saturated rings. The number of aromatic nitrogens is 1. The predicted molar refractivity (Wildman–Crippen MR) is 88.3 cm³/mol. The smallest absolute Gasteiger partial charge is 0.274 e. The van der Waals surface area contributed by atoms with E-state index < -0.39 is 0 Å². The first-order valence-electron chi connectivity index (χ1n) is 6.36. The standard InChI is InChI=1S/C16H12BrN3O/c17-11-5-7-12(8-6-11)19-16(21)14-9-10-3-1-2-4-13(10)15(18)20-14/h1-9H,(H2,18,20)(H,19,21). The van der Waals surface area contributed by atoms with Crippen LogP contribution in [0.25, 0.3) is 10.8 Å². The number of carbonyl (C=O) groups is 1. The molecule has 3 aromatic rings. The molecule has 0 spiro atoms. The van der Waals surface area contributed by atoms with Crippen LogP contribution in [0.4, 0.5) is 11.5 Å². The largest absolute Gasteiger partial charge is 0.383 e. The number of fused-ring (bicyclic) bond motifs is 1. The zero-order valence-electron chi connectivity index (χ0n) is 11.0. The van der Waals surface area contributed by atoms with Crippen LogP contribution in [0.2, 0.25) is 0 Å². The molecule has 0 saturated carbocycles. The minimum absolute atomic E-state index is 0.283. The Morgan fingerprint density at radius 1 is 1.10 bits per heavy atom. The molecule has 0 saturated heterocycles. The van der Waals surface area contributed by atoms with Crippen molar-refractivity contribution < 1.29 is 4.79 Å². The number of hydrogen-bond donors (Lipinski definition) is 2. The van der Waals surface area contributed by atoms with Gasteiger partial charge in [-0.15, -0.1) is 0 Å². The number of hydrogen-bond acceptors (Lipinski definition) is 3. The molecule has 0 unspecified atom stereocenters. The highest BCUT2D eigenvalue weighted by Crippen LogP contribution is 2.21. The van der Waals surface area contributed by atoms with E-state index in [0.717, 1.165) is 15.2 Å². The van der Waals surface area contributed by atoms with Crippen molar-refractivity contribution in [2.45, 2.75) is 0 Å². The first-order chi connectivity index (χ1) is 10.1. The van der Waals surface area contributed by atoms with Crippen LogP contribution in [0, 0.1) is 0 Å². The summed E-state index contributed by atoms with van der Waals surface area (Å²) in [6, 6.07) is 16.7. The Morgan fingerprint density at radius 3 is 2.57 bits per heavy atom. The molecule has 3 rings (SSSR count). The number of nitrogens with zero attached hydrogens (tertiary/aromatic N) is 1. The summed E-state index contributed by atoms with van der Waals surface area (Å²) in [5.41, 5.74) is 6.92. The highest BCUT2D eigenvalue weighted by molar-refractivity contribution is 9.10. The van der Waals surface area contributed by atoms with Crippen LogP contribution in [0.3, 0.4) is 0 Å². The summed E-state index contributed by atoms with van der Waals surface area (Å²) in [4.78, 5) is 16.4. The third-order valence-electron chi connectivity index (χ3n) is 3.10. The lowest BCUT2D eigenvalue weighted by Gasteiger charge is -2.07. The number of pyridine rings is 1. The van der Waals surface area contributed by atoms with Gasteiger partial charge in [0.15, 0.2) is 0 Å². The van der Waals surface area contributed by atoms with Gasteiger partial charge < -0.3 is 11.1 Å². The van der Waals surface area contributed by atoms with Crippen molar-refractivity contribution in [3.05, 3.63) is 64.8 Å². The van der Waals surface area contributed by atoms with Gasteiger partial charge in [-0.2, -0.15) is 0 Å². The number of rotatable bonds is 2. The fourth-order valence-corrected chi connectivity index (χ4v) is 2.33. The maximum atomic E-state index is 12.3. The lowest BCUT2D eigenvalue weighted by atomic mass is 10.1. The van der Waals surface area contributed by atoms with Crippen molar-refractivity contribution in [1.29, 1.82) is 0 Å². The van der Waals surface area contributed by atoms with Gasteiger partial charge in [0.25, 0.3) is 5.91 Å². The summed E-state index contributed by atoms with van der Waals surface area (Å²) in [5, 5.41) is 4.54. The van der Waals surface area contributed by atoms with E-state index in [4.69, 9.17) is 5.73 Å². The monoisotopic (exact) mass is 341 g/mol. The van der Waals surface area contributed by atoms with Crippen molar-refractivity contribution in [3.63, 3.8) is 0 Å². The van der Waals surface area contributed by atoms with Crippen LogP contribution < -0.4 is 11.1 Å². The van der Waals surface area contributed by atoms with Crippen molar-refractivity contribution >= 4 is 44.1 Å². The van der Waals surface area contributed by atoms with E-state index >= 15 is 0 Å². The molecule has 1 heterocycles. The van der Waals surface area contributed by atoms with Gasteiger partial charge in [-0.05, 0) is 35.7 Å². The first-order valence-corrected chi connectivity index (χ1v) is 7.15. The summed E-state index contributed by atoms with van der Waals surface area (Å²) in [5.74, 6) is 0.0730. The Kier molecular flexibility index (Phi) is 3.58. The number of nitrogen functional groups attached to an aromatic ring is 1. The second-order valence-electron chi connectivity index (χ2n) is 4.57. The van der Waals surface area contributed by atoms with E-state index in [2.05, 4.69) is 26.2 Å². The van der Waals surface area contributed by atoms with Crippen LogP contribution >= 0.6 is 15.9 Å². The third-order valence-corrected chi connectivity index (χ3v) is 3.63. The SMILES string of the molecule is Nc1nc(C(=O)Nc2ccc(Br)cc2)cc2ccccc12. The quantitative estimate of drug-likeness (QED) is 0.744. The Morgan fingerprint density at radius 2 is 1.81 bits per heavy atom. The van der Waals surface area contributed by atoms with E-state index in [1.165, 1.54) is 0 Å². The van der Waals surface area contributed by atoms with Gasteiger partial charge in [0.1, 0.15) is 11.5 Å². The molecule has 0 radical (unpaired) electrons. The number of nitrogens with two attached hydrogens (primary N) is 1. The van der Waals surface area contributed by atoms with Crippen LogP contribution in [-0.2, 0) is 0 Å². The maximum Gasteiger partial charge on any atom is 0.274 e. The summed E-state index contributed by atoms with van der Waals surface area (Å²) in [6.07, 6.45) is 0. The Hall–Kier alpha value is -2.40. The van der Waals surface area contributed by atoms with Gasteiger partial charge in [-0.25, -0.2) is 4.98 Å². The fourth-order valence-electron chi connectivity index (χ4n) is 2.07. The van der Waals surface area contributed by atoms with Crippen molar-refractivity contribution in [2.75, 3.05) is 11.1 Å². The van der Waals surface area contributed by atoms with E-state index in [9.17, 15) is 4.79 Å². The number of halogens is 1.